The van der Waals surface area contributed by atoms with E-state index in [-0.39, 0.29) is 17.9 Å². The molecule has 0 bridgehead atoms. The number of rotatable bonds is 3. The summed E-state index contributed by atoms with van der Waals surface area (Å²) in [7, 11) is 0. The Labute approximate surface area is 145 Å². The Morgan fingerprint density at radius 1 is 1.00 bits per heavy atom. The van der Waals surface area contributed by atoms with E-state index in [0.29, 0.717) is 47.7 Å². The number of halogens is 2. The number of nitrogens with zero attached hydrogens (tertiary/aromatic N) is 1. The van der Waals surface area contributed by atoms with Crippen LogP contribution in [0.4, 0.5) is 10.5 Å². The third kappa shape index (κ3) is 4.52. The lowest BCUT2D eigenvalue weighted by molar-refractivity contribution is -0.121. The summed E-state index contributed by atoms with van der Waals surface area (Å²) < 4.78 is 0. The standard InChI is InChI=1S/C16H19Cl2N3O2/c17-11-7-12(18)9-14(8-11)19-15(22)10-3-5-21(6-4-10)16(23)20-13-1-2-13/h7-10,13H,1-6H2,(H,19,22)(H,20,23). The van der Waals surface area contributed by atoms with Gasteiger partial charge in [0.2, 0.25) is 5.91 Å². The molecule has 1 saturated carbocycles. The maximum atomic E-state index is 12.3. The predicted octanol–water partition coefficient (Wildman–Crippen LogP) is 3.52. The van der Waals surface area contributed by atoms with E-state index in [1.165, 1.54) is 0 Å². The van der Waals surface area contributed by atoms with Gasteiger partial charge in [0.1, 0.15) is 0 Å². The van der Waals surface area contributed by atoms with Gasteiger partial charge in [0.15, 0.2) is 0 Å². The van der Waals surface area contributed by atoms with E-state index in [9.17, 15) is 9.59 Å². The molecule has 7 heteroatoms. The first-order chi connectivity index (χ1) is 11.0. The summed E-state index contributed by atoms with van der Waals surface area (Å²) in [4.78, 5) is 26.1. The van der Waals surface area contributed by atoms with Gasteiger partial charge in [-0.2, -0.15) is 0 Å². The highest BCUT2D eigenvalue weighted by Gasteiger charge is 2.30. The van der Waals surface area contributed by atoms with E-state index in [0.717, 1.165) is 12.8 Å². The van der Waals surface area contributed by atoms with E-state index in [4.69, 9.17) is 23.2 Å². The van der Waals surface area contributed by atoms with E-state index < -0.39 is 0 Å². The lowest BCUT2D eigenvalue weighted by atomic mass is 9.96. The number of hydrogen-bond acceptors (Lipinski definition) is 2. The first-order valence-electron chi connectivity index (χ1n) is 7.83. The zero-order valence-electron chi connectivity index (χ0n) is 12.6. The number of amides is 3. The average molecular weight is 356 g/mol. The molecule has 0 radical (unpaired) electrons. The van der Waals surface area contributed by atoms with Crippen molar-refractivity contribution in [3.63, 3.8) is 0 Å². The van der Waals surface area contributed by atoms with Crippen molar-refractivity contribution >= 4 is 40.8 Å². The van der Waals surface area contributed by atoms with Gasteiger partial charge in [-0.15, -0.1) is 0 Å². The van der Waals surface area contributed by atoms with Crippen molar-refractivity contribution in [1.29, 1.82) is 0 Å². The normalized spacial score (nSPS) is 18.6. The fourth-order valence-electron chi connectivity index (χ4n) is 2.71. The lowest BCUT2D eigenvalue weighted by Crippen LogP contribution is -2.46. The Morgan fingerprint density at radius 3 is 2.17 bits per heavy atom. The van der Waals surface area contributed by atoms with Gasteiger partial charge < -0.3 is 15.5 Å². The van der Waals surface area contributed by atoms with Crippen LogP contribution in [-0.2, 0) is 4.79 Å². The molecule has 5 nitrogen and oxygen atoms in total. The summed E-state index contributed by atoms with van der Waals surface area (Å²) in [6.07, 6.45) is 3.48. The topological polar surface area (TPSA) is 61.4 Å². The maximum Gasteiger partial charge on any atom is 0.317 e. The summed E-state index contributed by atoms with van der Waals surface area (Å²) in [5.41, 5.74) is 0.599. The Balaban J connectivity index is 1.50. The summed E-state index contributed by atoms with van der Waals surface area (Å²) in [6.45, 7) is 1.21. The minimum absolute atomic E-state index is 0.00650. The third-order valence-electron chi connectivity index (χ3n) is 4.19. The molecule has 1 aliphatic carbocycles. The molecule has 0 unspecified atom stereocenters. The zero-order chi connectivity index (χ0) is 16.4. The molecule has 2 aliphatic rings. The van der Waals surface area contributed by atoms with Crippen molar-refractivity contribution in [3.8, 4) is 0 Å². The van der Waals surface area contributed by atoms with Crippen LogP contribution in [-0.4, -0.2) is 36.0 Å². The van der Waals surface area contributed by atoms with E-state index >= 15 is 0 Å². The Morgan fingerprint density at radius 2 is 1.61 bits per heavy atom. The van der Waals surface area contributed by atoms with Crippen molar-refractivity contribution in [2.24, 2.45) is 5.92 Å². The number of likely N-dealkylation sites (tertiary alicyclic amines) is 1. The SMILES string of the molecule is O=C(Nc1cc(Cl)cc(Cl)c1)C1CCN(C(=O)NC2CC2)CC1. The third-order valence-corrected chi connectivity index (χ3v) is 4.62. The molecule has 124 valence electrons. The second-order valence-electron chi connectivity index (χ2n) is 6.13. The molecule has 0 atom stereocenters. The first kappa shape index (κ1) is 16.4. The fourth-order valence-corrected chi connectivity index (χ4v) is 3.23. The average Bonchev–Trinajstić information content (AvgIpc) is 3.30. The molecule has 1 aromatic carbocycles. The number of nitrogens with one attached hydrogen (secondary N) is 2. The quantitative estimate of drug-likeness (QED) is 0.871. The van der Waals surface area contributed by atoms with Crippen LogP contribution in [0.1, 0.15) is 25.7 Å². The molecule has 3 rings (SSSR count). The smallest absolute Gasteiger partial charge is 0.317 e. The van der Waals surface area contributed by atoms with Gasteiger partial charge in [-0.05, 0) is 43.9 Å². The molecule has 1 aromatic rings. The number of benzene rings is 1. The minimum Gasteiger partial charge on any atom is -0.335 e. The monoisotopic (exact) mass is 355 g/mol. The van der Waals surface area contributed by atoms with Gasteiger partial charge in [-0.25, -0.2) is 4.79 Å². The van der Waals surface area contributed by atoms with Crippen LogP contribution in [0, 0.1) is 5.92 Å². The van der Waals surface area contributed by atoms with Crippen LogP contribution in [0.5, 0.6) is 0 Å². The van der Waals surface area contributed by atoms with Gasteiger partial charge in [0.25, 0.3) is 0 Å². The van der Waals surface area contributed by atoms with Crippen LogP contribution in [0.15, 0.2) is 18.2 Å². The highest BCUT2D eigenvalue weighted by Crippen LogP contribution is 2.25. The predicted molar refractivity (Wildman–Crippen MR) is 90.9 cm³/mol. The Bertz CT molecular complexity index is 591. The lowest BCUT2D eigenvalue weighted by Gasteiger charge is -2.31. The first-order valence-corrected chi connectivity index (χ1v) is 8.59. The Hall–Kier alpha value is -1.46. The van der Waals surface area contributed by atoms with Crippen LogP contribution < -0.4 is 10.6 Å². The van der Waals surface area contributed by atoms with E-state index in [1.54, 1.807) is 23.1 Å². The van der Waals surface area contributed by atoms with E-state index in [2.05, 4.69) is 10.6 Å². The molecule has 2 N–H and O–H groups in total. The second kappa shape index (κ2) is 6.97. The number of carbonyl (C=O) groups is 2. The molecular formula is C16H19Cl2N3O2. The van der Waals surface area contributed by atoms with Crippen LogP contribution >= 0.6 is 23.2 Å². The van der Waals surface area contributed by atoms with E-state index in [1.807, 2.05) is 0 Å². The number of urea groups is 1. The van der Waals surface area contributed by atoms with Crippen molar-refractivity contribution in [2.45, 2.75) is 31.7 Å². The summed E-state index contributed by atoms with van der Waals surface area (Å²) in [6, 6.07) is 5.31. The molecule has 0 spiro atoms. The van der Waals surface area contributed by atoms with Crippen molar-refractivity contribution < 1.29 is 9.59 Å². The summed E-state index contributed by atoms with van der Waals surface area (Å²) in [5, 5.41) is 6.80. The van der Waals surface area contributed by atoms with Crippen LogP contribution in [0.25, 0.3) is 0 Å². The van der Waals surface area contributed by atoms with Crippen molar-refractivity contribution in [1.82, 2.24) is 10.2 Å². The maximum absolute atomic E-state index is 12.3. The highest BCUT2D eigenvalue weighted by atomic mass is 35.5. The van der Waals surface area contributed by atoms with Crippen LogP contribution in [0.2, 0.25) is 10.0 Å². The largest absolute Gasteiger partial charge is 0.335 e. The minimum atomic E-state index is -0.0993. The van der Waals surface area contributed by atoms with Crippen LogP contribution in [0.3, 0.4) is 0 Å². The second-order valence-corrected chi connectivity index (χ2v) is 7.01. The molecular weight excluding hydrogens is 337 g/mol. The number of anilines is 1. The van der Waals surface area contributed by atoms with Crippen molar-refractivity contribution in [3.05, 3.63) is 28.2 Å². The zero-order valence-corrected chi connectivity index (χ0v) is 14.2. The molecule has 23 heavy (non-hydrogen) atoms. The highest BCUT2D eigenvalue weighted by molar-refractivity contribution is 6.35. The molecule has 1 aliphatic heterocycles. The number of hydrogen-bond donors (Lipinski definition) is 2. The molecule has 2 fully saturated rings. The van der Waals surface area contributed by atoms with Gasteiger partial charge in [0.05, 0.1) is 0 Å². The number of piperidine rings is 1. The molecule has 3 amide bonds. The van der Waals surface area contributed by atoms with Gasteiger partial charge >= 0.3 is 6.03 Å². The Kier molecular flexibility index (Phi) is 4.97. The molecule has 1 saturated heterocycles. The number of carbonyl (C=O) groups excluding carboxylic acids is 2. The summed E-state index contributed by atoms with van der Waals surface area (Å²) >= 11 is 11.9. The molecule has 0 aromatic heterocycles. The summed E-state index contributed by atoms with van der Waals surface area (Å²) in [5.74, 6) is -0.150. The van der Waals surface area contributed by atoms with Gasteiger partial charge in [0, 0.05) is 40.8 Å². The fraction of sp³-hybridized carbons (Fsp3) is 0.500. The van der Waals surface area contributed by atoms with Gasteiger partial charge in [-0.1, -0.05) is 23.2 Å². The van der Waals surface area contributed by atoms with Gasteiger partial charge in [-0.3, -0.25) is 4.79 Å². The van der Waals surface area contributed by atoms with Crippen molar-refractivity contribution in [2.75, 3.05) is 18.4 Å². The molecule has 1 heterocycles.